The molecule has 37 heavy (non-hydrogen) atoms. The van der Waals surface area contributed by atoms with Gasteiger partial charge in [-0.1, -0.05) is 48.5 Å². The van der Waals surface area contributed by atoms with Gasteiger partial charge in [0.1, 0.15) is 12.1 Å². The molecule has 4 amide bonds. The molecule has 2 N–H and O–H groups in total. The van der Waals surface area contributed by atoms with Gasteiger partial charge in [-0.05, 0) is 47.5 Å². The fourth-order valence-corrected chi connectivity index (χ4v) is 4.61. The minimum Gasteiger partial charge on any atom is -0.325 e. The molecule has 0 saturated carbocycles. The highest BCUT2D eigenvalue weighted by Crippen LogP contribution is 2.31. The van der Waals surface area contributed by atoms with Gasteiger partial charge in [-0.2, -0.15) is 0 Å². The summed E-state index contributed by atoms with van der Waals surface area (Å²) in [5.74, 6) is -0.395. The first-order valence-corrected chi connectivity index (χ1v) is 11.7. The van der Waals surface area contributed by atoms with Crippen molar-refractivity contribution in [2.75, 3.05) is 11.9 Å². The zero-order valence-electron chi connectivity index (χ0n) is 19.9. The Kier molecular flexibility index (Phi) is 5.19. The maximum absolute atomic E-state index is 13.3. The number of hydrogen-bond acceptors (Lipinski definition) is 5. The Bertz CT molecular complexity index is 1680. The largest absolute Gasteiger partial charge is 0.325 e. The van der Waals surface area contributed by atoms with E-state index in [9.17, 15) is 14.4 Å². The molecule has 1 unspecified atom stereocenters. The number of carbonyl (C=O) groups excluding carboxylic acids is 3. The van der Waals surface area contributed by atoms with Crippen LogP contribution in [0.25, 0.3) is 27.8 Å². The number of anilines is 1. The van der Waals surface area contributed by atoms with Crippen LogP contribution in [0.2, 0.25) is 0 Å². The molecule has 2 aromatic heterocycles. The maximum Gasteiger partial charge on any atom is 0.325 e. The lowest BCUT2D eigenvalue weighted by atomic mass is 9.90. The van der Waals surface area contributed by atoms with Crippen molar-refractivity contribution in [3.63, 3.8) is 0 Å². The molecule has 0 aliphatic carbocycles. The lowest BCUT2D eigenvalue weighted by Gasteiger charge is -2.22. The predicted octanol–water partition coefficient (Wildman–Crippen LogP) is 3.96. The number of aromatic nitrogens is 3. The second-order valence-electron chi connectivity index (χ2n) is 9.09. The Morgan fingerprint density at radius 1 is 1.00 bits per heavy atom. The number of rotatable bonds is 5. The molecular formula is C28H22N6O3. The van der Waals surface area contributed by atoms with E-state index in [4.69, 9.17) is 0 Å². The third-order valence-electron chi connectivity index (χ3n) is 6.58. The smallest absolute Gasteiger partial charge is 0.325 e. The van der Waals surface area contributed by atoms with Crippen LogP contribution in [0.1, 0.15) is 12.5 Å². The SMILES string of the molecule is CC1(c2ccc3ccccc3c2)NC(=O)N(CC(=O)Nc2cccc(-c3cn4cccnc4n3)c2)C1=O. The Morgan fingerprint density at radius 2 is 1.84 bits per heavy atom. The number of fused-ring (bicyclic) bond motifs is 2. The van der Waals surface area contributed by atoms with Crippen LogP contribution in [-0.2, 0) is 15.1 Å². The van der Waals surface area contributed by atoms with Crippen LogP contribution < -0.4 is 10.6 Å². The van der Waals surface area contributed by atoms with Gasteiger partial charge in [-0.15, -0.1) is 0 Å². The van der Waals surface area contributed by atoms with Gasteiger partial charge in [-0.25, -0.2) is 14.8 Å². The van der Waals surface area contributed by atoms with E-state index in [0.717, 1.165) is 21.2 Å². The highest BCUT2D eigenvalue weighted by molar-refractivity contribution is 6.10. The Morgan fingerprint density at radius 3 is 2.68 bits per heavy atom. The lowest BCUT2D eigenvalue weighted by Crippen LogP contribution is -2.42. The summed E-state index contributed by atoms with van der Waals surface area (Å²) in [6.07, 6.45) is 5.38. The van der Waals surface area contributed by atoms with Crippen molar-refractivity contribution < 1.29 is 14.4 Å². The number of imidazole rings is 1. The molecule has 1 atom stereocenters. The third kappa shape index (κ3) is 3.96. The number of urea groups is 1. The quantitative estimate of drug-likeness (QED) is 0.363. The van der Waals surface area contributed by atoms with Crippen LogP contribution in [-0.4, -0.2) is 43.7 Å². The molecule has 182 valence electrons. The molecule has 3 aromatic carbocycles. The molecule has 1 aliphatic heterocycles. The summed E-state index contributed by atoms with van der Waals surface area (Å²) in [4.78, 5) is 48.6. The fourth-order valence-electron chi connectivity index (χ4n) is 4.61. The van der Waals surface area contributed by atoms with Crippen molar-refractivity contribution in [1.82, 2.24) is 24.6 Å². The van der Waals surface area contributed by atoms with E-state index in [2.05, 4.69) is 20.6 Å². The number of carbonyl (C=O) groups is 3. The first-order valence-electron chi connectivity index (χ1n) is 11.7. The van der Waals surface area contributed by atoms with Crippen LogP contribution in [0.5, 0.6) is 0 Å². The van der Waals surface area contributed by atoms with Crippen LogP contribution in [0.3, 0.4) is 0 Å². The monoisotopic (exact) mass is 490 g/mol. The second-order valence-corrected chi connectivity index (χ2v) is 9.09. The summed E-state index contributed by atoms with van der Waals surface area (Å²) in [6.45, 7) is 1.25. The van der Waals surface area contributed by atoms with Crippen LogP contribution in [0.15, 0.2) is 91.4 Å². The normalized spacial score (nSPS) is 17.4. The number of amides is 4. The van der Waals surface area contributed by atoms with Gasteiger partial charge in [0.15, 0.2) is 0 Å². The first kappa shape index (κ1) is 22.4. The molecule has 9 nitrogen and oxygen atoms in total. The van der Waals surface area contributed by atoms with E-state index in [0.29, 0.717) is 22.7 Å². The van der Waals surface area contributed by atoms with E-state index < -0.39 is 29.9 Å². The standard InChI is InChI=1S/C28H22N6O3/c1-28(21-11-10-18-6-2-3-7-19(18)14-21)25(36)34(27(37)32-28)17-24(35)30-22-9-4-8-20(15-22)23-16-33-13-5-12-29-26(33)31-23/h2-16H,17H2,1H3,(H,30,35)(H,32,37). The molecular weight excluding hydrogens is 468 g/mol. The molecule has 0 radical (unpaired) electrons. The Balaban J connectivity index is 1.19. The van der Waals surface area contributed by atoms with E-state index in [1.54, 1.807) is 31.3 Å². The first-order chi connectivity index (χ1) is 17.9. The molecule has 1 fully saturated rings. The van der Waals surface area contributed by atoms with Crippen molar-refractivity contribution >= 4 is 40.1 Å². The van der Waals surface area contributed by atoms with Gasteiger partial charge in [0.05, 0.1) is 5.69 Å². The van der Waals surface area contributed by atoms with E-state index in [1.165, 1.54) is 0 Å². The lowest BCUT2D eigenvalue weighted by molar-refractivity contribution is -0.133. The molecule has 0 spiro atoms. The van der Waals surface area contributed by atoms with Gasteiger partial charge in [0, 0.05) is 29.8 Å². The minimum atomic E-state index is -1.27. The second kappa shape index (κ2) is 8.56. The molecule has 0 bridgehead atoms. The van der Waals surface area contributed by atoms with Gasteiger partial charge in [-0.3, -0.25) is 18.9 Å². The number of imide groups is 1. The van der Waals surface area contributed by atoms with Crippen molar-refractivity contribution in [2.24, 2.45) is 0 Å². The summed E-state index contributed by atoms with van der Waals surface area (Å²) in [7, 11) is 0. The average molecular weight is 491 g/mol. The van der Waals surface area contributed by atoms with Crippen LogP contribution in [0, 0.1) is 0 Å². The van der Waals surface area contributed by atoms with Crippen molar-refractivity contribution in [2.45, 2.75) is 12.5 Å². The van der Waals surface area contributed by atoms with Crippen molar-refractivity contribution in [3.05, 3.63) is 97.0 Å². The minimum absolute atomic E-state index is 0.406. The number of benzene rings is 3. The van der Waals surface area contributed by atoms with Gasteiger partial charge in [0.25, 0.3) is 5.91 Å². The summed E-state index contributed by atoms with van der Waals surface area (Å²) < 4.78 is 1.81. The van der Waals surface area contributed by atoms with E-state index >= 15 is 0 Å². The number of nitrogens with one attached hydrogen (secondary N) is 2. The van der Waals surface area contributed by atoms with Crippen molar-refractivity contribution in [1.29, 1.82) is 0 Å². The van der Waals surface area contributed by atoms with Crippen LogP contribution in [0.4, 0.5) is 10.5 Å². The average Bonchev–Trinajstić information content (AvgIpc) is 3.44. The Labute approximate surface area is 211 Å². The maximum atomic E-state index is 13.3. The van der Waals surface area contributed by atoms with Gasteiger partial charge >= 0.3 is 6.03 Å². The van der Waals surface area contributed by atoms with Crippen LogP contribution >= 0.6 is 0 Å². The highest BCUT2D eigenvalue weighted by Gasteiger charge is 2.49. The number of nitrogens with zero attached hydrogens (tertiary/aromatic N) is 4. The summed E-state index contributed by atoms with van der Waals surface area (Å²) in [6, 6.07) is 21.8. The Hall–Kier alpha value is -5.05. The molecule has 1 saturated heterocycles. The third-order valence-corrected chi connectivity index (χ3v) is 6.58. The summed E-state index contributed by atoms with van der Waals surface area (Å²) in [5.41, 5.74) is 1.41. The van der Waals surface area contributed by atoms with Crippen molar-refractivity contribution in [3.8, 4) is 11.3 Å². The summed E-state index contributed by atoms with van der Waals surface area (Å²) in [5, 5.41) is 7.54. The van der Waals surface area contributed by atoms with E-state index in [1.807, 2.05) is 71.4 Å². The molecule has 3 heterocycles. The van der Waals surface area contributed by atoms with E-state index in [-0.39, 0.29) is 0 Å². The van der Waals surface area contributed by atoms with Gasteiger partial charge < -0.3 is 10.6 Å². The van der Waals surface area contributed by atoms with Gasteiger partial charge in [0.2, 0.25) is 11.7 Å². The molecule has 5 aromatic rings. The molecule has 9 heteroatoms. The highest BCUT2D eigenvalue weighted by atomic mass is 16.2. The topological polar surface area (TPSA) is 109 Å². The molecule has 6 rings (SSSR count). The summed E-state index contributed by atoms with van der Waals surface area (Å²) >= 11 is 0. The zero-order valence-corrected chi connectivity index (χ0v) is 19.9. The molecule has 1 aliphatic rings. The number of hydrogen-bond donors (Lipinski definition) is 2. The fraction of sp³-hybridized carbons (Fsp3) is 0.107. The predicted molar refractivity (Wildman–Crippen MR) is 139 cm³/mol. The zero-order chi connectivity index (χ0) is 25.6.